The van der Waals surface area contributed by atoms with Crippen molar-refractivity contribution in [1.82, 2.24) is 0 Å². The van der Waals surface area contributed by atoms with Crippen LogP contribution in [0.4, 0.5) is 11.4 Å². The molecule has 0 aliphatic carbocycles. The molecule has 0 aliphatic heterocycles. The number of anilines is 2. The maximum atomic E-state index is 11.3. The number of nitrogens with one attached hydrogen (secondary N) is 1. The Hall–Kier alpha value is -1.56. The summed E-state index contributed by atoms with van der Waals surface area (Å²) in [5.41, 5.74) is 8.70. The Balaban J connectivity index is 2.44. The van der Waals surface area contributed by atoms with Gasteiger partial charge in [0.25, 0.3) is 0 Å². The molecule has 4 heteroatoms. The van der Waals surface area contributed by atoms with Gasteiger partial charge in [-0.25, -0.2) is 0 Å². The first-order valence-corrected chi connectivity index (χ1v) is 6.58. The molecule has 0 unspecified atom stereocenters. The van der Waals surface area contributed by atoms with Crippen LogP contribution in [0.25, 0.3) is 0 Å². The second-order valence-electron chi connectivity index (χ2n) is 3.95. The molecule has 92 valence electrons. The number of halogens is 1. The average Bonchev–Trinajstić information content (AvgIpc) is 2.35. The molecule has 2 aromatic carbocycles. The Kier molecular flexibility index (Phi) is 3.86. The Morgan fingerprint density at radius 2 is 1.83 bits per heavy atom. The monoisotopic (exact) mass is 352 g/mol. The van der Waals surface area contributed by atoms with Gasteiger partial charge in [0.1, 0.15) is 0 Å². The zero-order chi connectivity index (χ0) is 13.1. The Bertz CT molecular complexity index is 582. The molecule has 0 fully saturated rings. The fourth-order valence-corrected chi connectivity index (χ4v) is 2.48. The van der Waals surface area contributed by atoms with Gasteiger partial charge in [-0.05, 0) is 59.3 Å². The summed E-state index contributed by atoms with van der Waals surface area (Å²) in [6.45, 7) is 1.90. The van der Waals surface area contributed by atoms with Gasteiger partial charge in [-0.3, -0.25) is 4.79 Å². The molecule has 0 aromatic heterocycles. The van der Waals surface area contributed by atoms with Gasteiger partial charge < -0.3 is 11.1 Å². The Labute approximate surface area is 120 Å². The zero-order valence-electron chi connectivity index (χ0n) is 9.91. The number of primary amides is 1. The van der Waals surface area contributed by atoms with E-state index in [0.717, 1.165) is 20.5 Å². The van der Waals surface area contributed by atoms with Crippen LogP contribution in [0.5, 0.6) is 0 Å². The topological polar surface area (TPSA) is 55.1 Å². The lowest BCUT2D eigenvalue weighted by molar-refractivity contribution is 0.1000. The maximum Gasteiger partial charge on any atom is 0.249 e. The molecule has 1 amide bonds. The maximum absolute atomic E-state index is 11.3. The van der Waals surface area contributed by atoms with Gasteiger partial charge in [-0.1, -0.05) is 18.2 Å². The number of benzene rings is 2. The highest BCUT2D eigenvalue weighted by molar-refractivity contribution is 14.1. The number of para-hydroxylation sites is 1. The molecule has 3 nitrogen and oxygen atoms in total. The fraction of sp³-hybridized carbons (Fsp3) is 0.0714. The molecule has 0 radical (unpaired) electrons. The van der Waals surface area contributed by atoms with Gasteiger partial charge >= 0.3 is 0 Å². The molecule has 2 aromatic rings. The SMILES string of the molecule is Cc1c(C(N)=O)ccc(I)c1Nc1ccccc1. The van der Waals surface area contributed by atoms with Crippen LogP contribution in [0.1, 0.15) is 15.9 Å². The van der Waals surface area contributed by atoms with E-state index >= 15 is 0 Å². The molecular formula is C14H13IN2O. The molecule has 0 saturated carbocycles. The number of carbonyl (C=O) groups excluding carboxylic acids is 1. The van der Waals surface area contributed by atoms with E-state index in [9.17, 15) is 4.79 Å². The average molecular weight is 352 g/mol. The van der Waals surface area contributed by atoms with Crippen LogP contribution in [0.2, 0.25) is 0 Å². The third-order valence-electron chi connectivity index (χ3n) is 2.72. The van der Waals surface area contributed by atoms with E-state index in [1.807, 2.05) is 43.3 Å². The Morgan fingerprint density at radius 1 is 1.17 bits per heavy atom. The lowest BCUT2D eigenvalue weighted by Gasteiger charge is -2.14. The molecule has 2 rings (SSSR count). The van der Waals surface area contributed by atoms with Crippen LogP contribution in [-0.4, -0.2) is 5.91 Å². The molecule has 3 N–H and O–H groups in total. The number of hydrogen-bond donors (Lipinski definition) is 2. The molecule has 0 saturated heterocycles. The van der Waals surface area contributed by atoms with Crippen LogP contribution in [0.3, 0.4) is 0 Å². The van der Waals surface area contributed by atoms with Crippen LogP contribution < -0.4 is 11.1 Å². The Morgan fingerprint density at radius 3 is 2.44 bits per heavy atom. The van der Waals surface area contributed by atoms with Gasteiger partial charge in [0.05, 0.1) is 5.69 Å². The minimum atomic E-state index is -0.403. The molecule has 0 heterocycles. The number of amides is 1. The summed E-state index contributed by atoms with van der Waals surface area (Å²) < 4.78 is 1.05. The normalized spacial score (nSPS) is 10.1. The van der Waals surface area contributed by atoms with Gasteiger partial charge in [0.15, 0.2) is 0 Å². The lowest BCUT2D eigenvalue weighted by Crippen LogP contribution is -2.14. The van der Waals surface area contributed by atoms with E-state index in [1.165, 1.54) is 0 Å². The predicted octanol–water partition coefficient (Wildman–Crippen LogP) is 3.44. The van der Waals surface area contributed by atoms with Crippen molar-refractivity contribution >= 4 is 39.9 Å². The largest absolute Gasteiger partial charge is 0.366 e. The highest BCUT2D eigenvalue weighted by Crippen LogP contribution is 2.28. The van der Waals surface area contributed by atoms with Crippen LogP contribution in [0.15, 0.2) is 42.5 Å². The van der Waals surface area contributed by atoms with Crippen LogP contribution in [-0.2, 0) is 0 Å². The van der Waals surface area contributed by atoms with E-state index in [2.05, 4.69) is 27.9 Å². The standard InChI is InChI=1S/C14H13IN2O/c1-9-11(14(16)18)7-8-12(15)13(9)17-10-5-3-2-4-6-10/h2-8,17H,1H3,(H2,16,18). The highest BCUT2D eigenvalue weighted by atomic mass is 127. The molecule has 0 atom stereocenters. The fourth-order valence-electron chi connectivity index (χ4n) is 1.76. The minimum absolute atomic E-state index is 0.403. The van der Waals surface area contributed by atoms with Crippen LogP contribution >= 0.6 is 22.6 Å². The molecule has 0 spiro atoms. The van der Waals surface area contributed by atoms with Crippen molar-refractivity contribution in [3.63, 3.8) is 0 Å². The van der Waals surface area contributed by atoms with Crippen molar-refractivity contribution in [3.05, 3.63) is 57.2 Å². The van der Waals surface area contributed by atoms with E-state index in [-0.39, 0.29) is 0 Å². The van der Waals surface area contributed by atoms with E-state index in [1.54, 1.807) is 6.07 Å². The summed E-state index contributed by atoms with van der Waals surface area (Å²) >= 11 is 2.24. The summed E-state index contributed by atoms with van der Waals surface area (Å²) in [6, 6.07) is 13.5. The minimum Gasteiger partial charge on any atom is -0.366 e. The van der Waals surface area contributed by atoms with E-state index < -0.39 is 5.91 Å². The molecular weight excluding hydrogens is 339 g/mol. The first-order valence-electron chi connectivity index (χ1n) is 5.50. The van der Waals surface area contributed by atoms with Crippen molar-refractivity contribution in [2.45, 2.75) is 6.92 Å². The van der Waals surface area contributed by atoms with Crippen LogP contribution in [0, 0.1) is 10.5 Å². The molecule has 18 heavy (non-hydrogen) atoms. The first kappa shape index (κ1) is 12.9. The quantitative estimate of drug-likeness (QED) is 0.832. The number of hydrogen-bond acceptors (Lipinski definition) is 2. The summed E-state index contributed by atoms with van der Waals surface area (Å²) in [7, 11) is 0. The van der Waals surface area contributed by atoms with Gasteiger partial charge in [0.2, 0.25) is 5.91 Å². The van der Waals surface area contributed by atoms with E-state index in [4.69, 9.17) is 5.73 Å². The smallest absolute Gasteiger partial charge is 0.249 e. The zero-order valence-corrected chi connectivity index (χ0v) is 12.1. The summed E-state index contributed by atoms with van der Waals surface area (Å²) in [6.07, 6.45) is 0. The van der Waals surface area contributed by atoms with Crippen molar-refractivity contribution < 1.29 is 4.79 Å². The van der Waals surface area contributed by atoms with Crippen molar-refractivity contribution in [2.24, 2.45) is 5.73 Å². The first-order chi connectivity index (χ1) is 8.59. The van der Waals surface area contributed by atoms with Gasteiger partial charge in [0, 0.05) is 14.8 Å². The third-order valence-corrected chi connectivity index (χ3v) is 3.62. The highest BCUT2D eigenvalue weighted by Gasteiger charge is 2.11. The van der Waals surface area contributed by atoms with Gasteiger partial charge in [-0.15, -0.1) is 0 Å². The van der Waals surface area contributed by atoms with Gasteiger partial charge in [-0.2, -0.15) is 0 Å². The molecule has 0 bridgehead atoms. The van der Waals surface area contributed by atoms with Crippen molar-refractivity contribution in [3.8, 4) is 0 Å². The number of nitrogens with two attached hydrogens (primary N) is 1. The molecule has 0 aliphatic rings. The predicted molar refractivity (Wildman–Crippen MR) is 82.1 cm³/mol. The summed E-state index contributed by atoms with van der Waals surface area (Å²) in [5, 5.41) is 3.32. The number of carbonyl (C=O) groups is 1. The second kappa shape index (κ2) is 5.39. The van der Waals surface area contributed by atoms with E-state index in [0.29, 0.717) is 5.56 Å². The second-order valence-corrected chi connectivity index (χ2v) is 5.11. The van der Waals surface area contributed by atoms with Crippen molar-refractivity contribution in [1.29, 1.82) is 0 Å². The number of rotatable bonds is 3. The third kappa shape index (κ3) is 2.64. The summed E-state index contributed by atoms with van der Waals surface area (Å²) in [5.74, 6) is -0.403. The van der Waals surface area contributed by atoms with Crippen molar-refractivity contribution in [2.75, 3.05) is 5.32 Å². The lowest BCUT2D eigenvalue weighted by atomic mass is 10.1. The summed E-state index contributed by atoms with van der Waals surface area (Å²) in [4.78, 5) is 11.3.